The molecule has 0 spiro atoms. The van der Waals surface area contributed by atoms with Gasteiger partial charge in [0.05, 0.1) is 6.61 Å². The maximum absolute atomic E-state index is 13.4. The zero-order valence-corrected chi connectivity index (χ0v) is 16.9. The molecule has 0 bridgehead atoms. The molecule has 4 rings (SSSR count). The lowest BCUT2D eigenvalue weighted by Gasteiger charge is -2.33. The Kier molecular flexibility index (Phi) is 5.95. The number of piperidine rings is 1. The zero-order chi connectivity index (χ0) is 20.1. The summed E-state index contributed by atoms with van der Waals surface area (Å²) in [5, 5.41) is 0. The number of carbonyl (C=O) groups is 1. The second-order valence-corrected chi connectivity index (χ2v) is 7.80. The van der Waals surface area contributed by atoms with E-state index in [1.54, 1.807) is 0 Å². The average molecular weight is 386 g/mol. The zero-order valence-electron chi connectivity index (χ0n) is 16.9. The number of carbonyl (C=O) groups excluding carboxylic acids is 1. The average Bonchev–Trinajstić information content (AvgIpc) is 2.78. The third-order valence-corrected chi connectivity index (χ3v) is 5.52. The number of nitrogens with zero attached hydrogens (tertiary/aromatic N) is 1. The van der Waals surface area contributed by atoms with Gasteiger partial charge in [-0.2, -0.15) is 0 Å². The molecular formula is C26H27NO2. The molecule has 1 unspecified atom stereocenters. The molecule has 0 radical (unpaired) electrons. The normalized spacial score (nSPS) is 16.4. The van der Waals surface area contributed by atoms with Crippen LogP contribution in [0.3, 0.4) is 0 Å². The molecule has 3 aromatic carbocycles. The smallest absolute Gasteiger partial charge is 0.254 e. The van der Waals surface area contributed by atoms with E-state index < -0.39 is 0 Å². The van der Waals surface area contributed by atoms with Crippen molar-refractivity contribution in [2.24, 2.45) is 5.92 Å². The van der Waals surface area contributed by atoms with Crippen molar-refractivity contribution in [3.05, 3.63) is 90.0 Å². The summed E-state index contributed by atoms with van der Waals surface area (Å²) in [4.78, 5) is 15.4. The molecule has 1 fully saturated rings. The highest BCUT2D eigenvalue weighted by Crippen LogP contribution is 2.27. The van der Waals surface area contributed by atoms with Crippen molar-refractivity contribution >= 4 is 5.91 Å². The maximum Gasteiger partial charge on any atom is 0.254 e. The molecule has 0 aliphatic carbocycles. The summed E-state index contributed by atoms with van der Waals surface area (Å²) in [5.41, 5.74) is 4.07. The molecule has 1 aliphatic rings. The van der Waals surface area contributed by atoms with Gasteiger partial charge in [-0.3, -0.25) is 4.79 Å². The predicted molar refractivity (Wildman–Crippen MR) is 117 cm³/mol. The third-order valence-electron chi connectivity index (χ3n) is 5.52. The highest BCUT2D eigenvalue weighted by Gasteiger charge is 2.26. The van der Waals surface area contributed by atoms with Crippen molar-refractivity contribution < 1.29 is 9.53 Å². The number of benzene rings is 3. The molecule has 1 aliphatic heterocycles. The molecule has 1 amide bonds. The Labute approximate surface area is 172 Å². The van der Waals surface area contributed by atoms with Crippen LogP contribution in [0.1, 0.15) is 28.8 Å². The first-order valence-corrected chi connectivity index (χ1v) is 10.3. The van der Waals surface area contributed by atoms with Crippen LogP contribution in [0.4, 0.5) is 0 Å². The fraction of sp³-hybridized carbons (Fsp3) is 0.269. The minimum absolute atomic E-state index is 0.117. The van der Waals surface area contributed by atoms with Crippen molar-refractivity contribution in [1.29, 1.82) is 0 Å². The van der Waals surface area contributed by atoms with Gasteiger partial charge in [0.2, 0.25) is 0 Å². The van der Waals surface area contributed by atoms with E-state index in [0.717, 1.165) is 48.4 Å². The molecule has 1 atom stereocenters. The molecular weight excluding hydrogens is 358 g/mol. The van der Waals surface area contributed by atoms with Crippen molar-refractivity contribution in [2.75, 3.05) is 19.7 Å². The number of rotatable bonds is 5. The van der Waals surface area contributed by atoms with Gasteiger partial charge >= 0.3 is 0 Å². The van der Waals surface area contributed by atoms with Gasteiger partial charge < -0.3 is 9.64 Å². The van der Waals surface area contributed by atoms with Crippen LogP contribution >= 0.6 is 0 Å². The Morgan fingerprint density at radius 2 is 1.79 bits per heavy atom. The summed E-state index contributed by atoms with van der Waals surface area (Å²) in [6.07, 6.45) is 2.11. The van der Waals surface area contributed by atoms with E-state index in [4.69, 9.17) is 4.74 Å². The summed E-state index contributed by atoms with van der Waals surface area (Å²) in [6, 6.07) is 26.2. The topological polar surface area (TPSA) is 29.5 Å². The first kappa shape index (κ1) is 19.3. The highest BCUT2D eigenvalue weighted by atomic mass is 16.5. The summed E-state index contributed by atoms with van der Waals surface area (Å²) in [6.45, 7) is 4.28. The number of likely N-dealkylation sites (tertiary alicyclic amines) is 1. The van der Waals surface area contributed by atoms with Gasteiger partial charge in [-0.25, -0.2) is 0 Å². The number of hydrogen-bond acceptors (Lipinski definition) is 2. The van der Waals surface area contributed by atoms with Crippen molar-refractivity contribution in [2.45, 2.75) is 19.8 Å². The minimum Gasteiger partial charge on any atom is -0.493 e. The minimum atomic E-state index is 0.117. The molecule has 3 aromatic rings. The van der Waals surface area contributed by atoms with Crippen LogP contribution in [-0.4, -0.2) is 30.5 Å². The monoisotopic (exact) mass is 385 g/mol. The quantitative estimate of drug-likeness (QED) is 0.573. The molecule has 0 aromatic heterocycles. The number of ether oxygens (including phenoxy) is 1. The molecule has 1 saturated heterocycles. The maximum atomic E-state index is 13.4. The van der Waals surface area contributed by atoms with E-state index in [1.165, 1.54) is 5.56 Å². The molecule has 29 heavy (non-hydrogen) atoms. The summed E-state index contributed by atoms with van der Waals surface area (Å²) in [5.74, 6) is 1.37. The molecule has 0 N–H and O–H groups in total. The largest absolute Gasteiger partial charge is 0.493 e. The van der Waals surface area contributed by atoms with Gasteiger partial charge in [-0.1, -0.05) is 66.2 Å². The lowest BCUT2D eigenvalue weighted by molar-refractivity contribution is 0.0634. The van der Waals surface area contributed by atoms with Gasteiger partial charge in [-0.15, -0.1) is 0 Å². The van der Waals surface area contributed by atoms with Gasteiger partial charge in [0.25, 0.3) is 5.91 Å². The lowest BCUT2D eigenvalue weighted by atomic mass is 9.95. The van der Waals surface area contributed by atoms with Crippen LogP contribution < -0.4 is 4.74 Å². The summed E-state index contributed by atoms with van der Waals surface area (Å²) < 4.78 is 5.95. The molecule has 148 valence electrons. The number of para-hydroxylation sites is 1. The second kappa shape index (κ2) is 8.95. The molecule has 3 heteroatoms. The number of amides is 1. The van der Waals surface area contributed by atoms with E-state index in [1.807, 2.05) is 65.6 Å². The van der Waals surface area contributed by atoms with E-state index in [9.17, 15) is 4.79 Å². The van der Waals surface area contributed by atoms with E-state index >= 15 is 0 Å². The van der Waals surface area contributed by atoms with Gasteiger partial charge in [0.1, 0.15) is 5.75 Å². The first-order valence-electron chi connectivity index (χ1n) is 10.3. The van der Waals surface area contributed by atoms with Gasteiger partial charge in [-0.05, 0) is 49.1 Å². The van der Waals surface area contributed by atoms with E-state index in [0.29, 0.717) is 12.5 Å². The highest BCUT2D eigenvalue weighted by molar-refractivity contribution is 6.01. The van der Waals surface area contributed by atoms with Crippen LogP contribution in [0.15, 0.2) is 78.9 Å². The summed E-state index contributed by atoms with van der Waals surface area (Å²) in [7, 11) is 0. The molecule has 0 saturated carbocycles. The lowest BCUT2D eigenvalue weighted by Crippen LogP contribution is -2.41. The van der Waals surface area contributed by atoms with Crippen molar-refractivity contribution in [3.8, 4) is 16.9 Å². The van der Waals surface area contributed by atoms with Crippen molar-refractivity contribution in [3.63, 3.8) is 0 Å². The van der Waals surface area contributed by atoms with E-state index in [-0.39, 0.29) is 5.91 Å². The van der Waals surface area contributed by atoms with Crippen LogP contribution in [0.5, 0.6) is 5.75 Å². The van der Waals surface area contributed by atoms with Crippen molar-refractivity contribution in [1.82, 2.24) is 4.90 Å². The Bertz CT molecular complexity index is 967. The third kappa shape index (κ3) is 4.68. The Morgan fingerprint density at radius 3 is 2.62 bits per heavy atom. The number of hydrogen-bond donors (Lipinski definition) is 0. The second-order valence-electron chi connectivity index (χ2n) is 7.80. The Morgan fingerprint density at radius 1 is 1.00 bits per heavy atom. The van der Waals surface area contributed by atoms with Crippen LogP contribution in [0, 0.1) is 12.8 Å². The standard InChI is InChI=1S/C26H27NO2/c1-20-9-7-11-22(17-20)24-14-5-6-15-25(24)26(28)27-16-8-10-21(18-27)19-29-23-12-3-2-4-13-23/h2-7,9,11-15,17,21H,8,10,16,18-19H2,1H3. The summed E-state index contributed by atoms with van der Waals surface area (Å²) >= 11 is 0. The fourth-order valence-corrected chi connectivity index (χ4v) is 4.02. The first-order chi connectivity index (χ1) is 14.2. The van der Waals surface area contributed by atoms with Gasteiger partial charge in [0, 0.05) is 24.6 Å². The Balaban J connectivity index is 1.48. The molecule has 3 nitrogen and oxygen atoms in total. The number of aryl methyl sites for hydroxylation is 1. The fourth-order valence-electron chi connectivity index (χ4n) is 4.02. The molecule has 1 heterocycles. The van der Waals surface area contributed by atoms with Crippen LogP contribution in [0.2, 0.25) is 0 Å². The SMILES string of the molecule is Cc1cccc(-c2ccccc2C(=O)N2CCCC(COc3ccccc3)C2)c1. The van der Waals surface area contributed by atoms with Crippen LogP contribution in [-0.2, 0) is 0 Å². The van der Waals surface area contributed by atoms with Crippen LogP contribution in [0.25, 0.3) is 11.1 Å². The Hall–Kier alpha value is -3.07. The van der Waals surface area contributed by atoms with Gasteiger partial charge in [0.15, 0.2) is 0 Å². The van der Waals surface area contributed by atoms with E-state index in [2.05, 4.69) is 25.1 Å². The predicted octanol–water partition coefficient (Wildman–Crippen LogP) is 5.59.